The summed E-state index contributed by atoms with van der Waals surface area (Å²) >= 11 is 0. The number of imidazole rings is 2. The number of carbonyl (C=O) groups excluding carboxylic acids is 5. The van der Waals surface area contributed by atoms with E-state index in [1.807, 2.05) is 26.0 Å². The number of hydrogen-bond acceptors (Lipinski definition) is 13. The van der Waals surface area contributed by atoms with Crippen LogP contribution in [0.25, 0.3) is 22.1 Å². The summed E-state index contributed by atoms with van der Waals surface area (Å²) < 4.78 is 45.1. The van der Waals surface area contributed by atoms with Crippen molar-refractivity contribution in [1.29, 1.82) is 0 Å². The van der Waals surface area contributed by atoms with Crippen LogP contribution in [-0.2, 0) is 47.5 Å². The van der Waals surface area contributed by atoms with E-state index in [9.17, 15) is 32.4 Å². The van der Waals surface area contributed by atoms with Crippen LogP contribution in [0.5, 0.6) is 5.75 Å². The van der Waals surface area contributed by atoms with Gasteiger partial charge in [-0.2, -0.15) is 22.9 Å². The van der Waals surface area contributed by atoms with Gasteiger partial charge in [-0.1, -0.05) is 54.3 Å². The molecule has 7 aromatic rings. The number of aromatic nitrogens is 8. The van der Waals surface area contributed by atoms with Gasteiger partial charge in [0.05, 0.1) is 27.9 Å². The molecule has 1 aliphatic rings. The summed E-state index contributed by atoms with van der Waals surface area (Å²) in [4.78, 5) is 74.3. The first kappa shape index (κ1) is 50.8. The Labute approximate surface area is 419 Å². The highest BCUT2D eigenvalue weighted by atomic mass is 32.2. The average molecular weight is 1010 g/mol. The molecule has 73 heavy (non-hydrogen) atoms. The number of primary amides is 2. The molecule has 3 aromatic carbocycles. The zero-order valence-electron chi connectivity index (χ0n) is 40.5. The van der Waals surface area contributed by atoms with Crippen molar-refractivity contribution in [3.05, 3.63) is 124 Å². The summed E-state index contributed by atoms with van der Waals surface area (Å²) in [7, 11) is -4.35. The normalized spacial score (nSPS) is 13.3. The second-order valence-corrected chi connectivity index (χ2v) is 18.8. The van der Waals surface area contributed by atoms with Crippen molar-refractivity contribution in [2.75, 3.05) is 30.3 Å². The van der Waals surface area contributed by atoms with E-state index in [4.69, 9.17) is 25.9 Å². The molecular weight excluding hydrogens is 959 g/mol. The zero-order valence-corrected chi connectivity index (χ0v) is 41.3. The molecule has 1 aliphatic heterocycles. The van der Waals surface area contributed by atoms with Crippen LogP contribution in [0.1, 0.15) is 85.3 Å². The smallest absolute Gasteiger partial charge is 0.440 e. The largest absolute Gasteiger partial charge is 0.479 e. The molecule has 4 amide bonds. The van der Waals surface area contributed by atoms with E-state index in [2.05, 4.69) is 37.7 Å². The molecular formula is C50H53N13O9S. The molecule has 4 aromatic heterocycles. The number of allylic oxidation sites excluding steroid dienone is 2. The predicted octanol–water partition coefficient (Wildman–Crippen LogP) is 5.16. The first-order chi connectivity index (χ1) is 35.0. The van der Waals surface area contributed by atoms with Gasteiger partial charge in [0.25, 0.3) is 11.8 Å². The molecule has 1 fully saturated rings. The first-order valence-corrected chi connectivity index (χ1v) is 24.8. The van der Waals surface area contributed by atoms with Crippen LogP contribution >= 0.6 is 0 Å². The fraction of sp³-hybridized carbons (Fsp3) is 0.300. The molecule has 5 heterocycles. The Morgan fingerprint density at radius 3 is 1.93 bits per heavy atom. The van der Waals surface area contributed by atoms with Crippen LogP contribution in [0.15, 0.2) is 84.9 Å². The Kier molecular flexibility index (Phi) is 15.2. The molecule has 1 saturated heterocycles. The second kappa shape index (κ2) is 21.8. The number of piperidine rings is 1. The molecule has 0 unspecified atom stereocenters. The van der Waals surface area contributed by atoms with Crippen molar-refractivity contribution in [2.24, 2.45) is 17.4 Å². The summed E-state index contributed by atoms with van der Waals surface area (Å²) in [5, 5.41) is 13.3. The van der Waals surface area contributed by atoms with Gasteiger partial charge >= 0.3 is 15.3 Å². The van der Waals surface area contributed by atoms with Crippen molar-refractivity contribution < 1.29 is 41.9 Å². The second-order valence-electron chi connectivity index (χ2n) is 17.0. The van der Waals surface area contributed by atoms with Crippen LogP contribution in [-0.4, -0.2) is 100 Å². The van der Waals surface area contributed by atoms with Gasteiger partial charge in [0, 0.05) is 56.3 Å². The van der Waals surface area contributed by atoms with Gasteiger partial charge in [-0.25, -0.2) is 14.8 Å². The Hall–Kier alpha value is -8.62. The lowest BCUT2D eigenvalue weighted by Gasteiger charge is -2.27. The minimum Gasteiger partial charge on any atom is -0.479 e. The number of aryl methyl sites for hydroxylation is 4. The Balaban J connectivity index is 1.05. The number of anilines is 2. The maximum absolute atomic E-state index is 13.9. The number of amides is 4. The third-order valence-electron chi connectivity index (χ3n) is 12.0. The maximum atomic E-state index is 13.9. The van der Waals surface area contributed by atoms with Crippen LogP contribution in [0.4, 0.5) is 16.7 Å². The summed E-state index contributed by atoms with van der Waals surface area (Å²) in [6, 6.07) is 19.9. The topological polar surface area (TPSA) is 289 Å². The van der Waals surface area contributed by atoms with Gasteiger partial charge in [-0.05, 0) is 88.6 Å². The molecule has 0 aliphatic carbocycles. The number of hydrogen-bond donors (Lipinski definition) is 4. The van der Waals surface area contributed by atoms with E-state index in [-0.39, 0.29) is 79.6 Å². The number of sulfonamides is 1. The predicted molar refractivity (Wildman–Crippen MR) is 270 cm³/mol. The van der Waals surface area contributed by atoms with E-state index < -0.39 is 39.0 Å². The highest BCUT2D eigenvalue weighted by molar-refractivity contribution is 8.03. The zero-order chi connectivity index (χ0) is 52.0. The van der Waals surface area contributed by atoms with Crippen molar-refractivity contribution in [1.82, 2.24) is 43.0 Å². The third kappa shape index (κ3) is 11.3. The molecule has 0 spiro atoms. The molecule has 0 bridgehead atoms. The number of benzene rings is 3. The third-order valence-corrected chi connectivity index (χ3v) is 13.6. The van der Waals surface area contributed by atoms with E-state index in [0.717, 1.165) is 4.31 Å². The number of fused-ring (bicyclic) bond motifs is 2. The van der Waals surface area contributed by atoms with Gasteiger partial charge < -0.3 is 30.1 Å². The fourth-order valence-electron chi connectivity index (χ4n) is 8.39. The van der Waals surface area contributed by atoms with Gasteiger partial charge in [0.1, 0.15) is 35.9 Å². The molecule has 23 heteroatoms. The first-order valence-electron chi connectivity index (χ1n) is 23.4. The summed E-state index contributed by atoms with van der Waals surface area (Å²) in [5.41, 5.74) is 16.0. The van der Waals surface area contributed by atoms with E-state index in [0.29, 0.717) is 70.8 Å². The number of rotatable bonds is 17. The molecule has 22 nitrogen and oxygen atoms in total. The van der Waals surface area contributed by atoms with E-state index in [1.54, 1.807) is 93.0 Å². The van der Waals surface area contributed by atoms with Gasteiger partial charge in [0.15, 0.2) is 0 Å². The minimum absolute atomic E-state index is 0.0679. The van der Waals surface area contributed by atoms with Crippen LogP contribution in [0.3, 0.4) is 0 Å². The maximum Gasteiger partial charge on any atom is 0.440 e. The number of carbonyl (C=O) groups is 5. The number of nitrogens with one attached hydrogen (secondary N) is 2. The molecule has 0 atom stereocenters. The van der Waals surface area contributed by atoms with Crippen molar-refractivity contribution in [2.45, 2.75) is 73.3 Å². The highest BCUT2D eigenvalue weighted by Gasteiger charge is 2.35. The van der Waals surface area contributed by atoms with Gasteiger partial charge in [-0.15, -0.1) is 0 Å². The molecule has 8 rings (SSSR count). The summed E-state index contributed by atoms with van der Waals surface area (Å²) in [6.07, 6.45) is 4.35. The fourth-order valence-corrected chi connectivity index (χ4v) is 9.50. The number of ether oxygens (including phenoxy) is 2. The van der Waals surface area contributed by atoms with Crippen LogP contribution in [0.2, 0.25) is 0 Å². The lowest BCUT2D eigenvalue weighted by Crippen LogP contribution is -2.41. The molecule has 6 N–H and O–H groups in total. The van der Waals surface area contributed by atoms with Gasteiger partial charge in [0.2, 0.25) is 23.7 Å². The van der Waals surface area contributed by atoms with Crippen molar-refractivity contribution in [3.63, 3.8) is 0 Å². The minimum atomic E-state index is -4.35. The standard InChI is InChI=1S/C50H53N13O9S/c1-5-62-40(25-31(3)57-62)46(66)55-48-53-37-27-35(44(51)64)16-17-39(37)60(48)20-10-11-21-61-43-38(54-49(61)56-47(67)41-26-32(4)58-63(41)6-2)28-36(45(52)65)29-42(43)71-24-12-15-33-18-22-59(23-19-33)73(69,70)50(68)72-30-34-13-8-7-9-14-34/h7-11,13-14,16-17,25-29,33H,5-6,18-24,30H2,1-4H3,(H2,51,64)(H2,52,65)(H,53,55,66)(H,54,56,67)/b11-10+. The SMILES string of the molecule is CCn1nc(C)cc1C(=O)Nc1nc2cc(C(N)=O)ccc2n1C/C=C/Cn1c(NC(=O)c2cc(C)nn2CC)nc2cc(C(N)=O)cc(OCC#CC3CCN(S(=O)(=O)C(=O)OCc4ccccc4)CC3)c21. The van der Waals surface area contributed by atoms with Crippen LogP contribution in [0, 0.1) is 31.6 Å². The lowest BCUT2D eigenvalue weighted by atomic mass is 9.99. The molecule has 378 valence electrons. The van der Waals surface area contributed by atoms with Crippen molar-refractivity contribution in [3.8, 4) is 17.6 Å². The summed E-state index contributed by atoms with van der Waals surface area (Å²) in [5.74, 6) is 4.12. The van der Waals surface area contributed by atoms with E-state index in [1.165, 1.54) is 12.1 Å². The number of nitrogens with two attached hydrogens (primary N) is 2. The molecule has 0 radical (unpaired) electrons. The lowest BCUT2D eigenvalue weighted by molar-refractivity contribution is 0.0992. The number of nitrogens with zero attached hydrogens (tertiary/aromatic N) is 9. The van der Waals surface area contributed by atoms with Gasteiger partial charge in [-0.3, -0.25) is 39.2 Å². The Morgan fingerprint density at radius 2 is 1.33 bits per heavy atom. The summed E-state index contributed by atoms with van der Waals surface area (Å²) in [6.45, 7) is 8.26. The average Bonchev–Trinajstić information content (AvgIpc) is 4.15. The Bertz CT molecular complexity index is 3480. The van der Waals surface area contributed by atoms with Crippen molar-refractivity contribution >= 4 is 72.9 Å². The highest BCUT2D eigenvalue weighted by Crippen LogP contribution is 2.32. The Morgan fingerprint density at radius 1 is 0.753 bits per heavy atom. The van der Waals surface area contributed by atoms with Crippen LogP contribution < -0.4 is 26.8 Å². The quantitative estimate of drug-likeness (QED) is 0.0522. The molecule has 0 saturated carbocycles. The monoisotopic (exact) mass is 1010 g/mol. The van der Waals surface area contributed by atoms with E-state index >= 15 is 0 Å².